The number of anilines is 2. The number of halogens is 2. The van der Waals surface area contributed by atoms with Crippen LogP contribution in [0.3, 0.4) is 0 Å². The molecule has 2 amide bonds. The van der Waals surface area contributed by atoms with Crippen molar-refractivity contribution in [2.24, 2.45) is 29.4 Å². The second-order valence-electron chi connectivity index (χ2n) is 24.3. The topological polar surface area (TPSA) is 118 Å². The molecule has 6 aliphatic heterocycles. The number of nitrogens with two attached hydrogens (primary N) is 1. The third-order valence-corrected chi connectivity index (χ3v) is 18.7. The van der Waals surface area contributed by atoms with E-state index in [2.05, 4.69) is 151 Å². The van der Waals surface area contributed by atoms with Gasteiger partial charge < -0.3 is 44.5 Å². The zero-order chi connectivity index (χ0) is 57.2. The van der Waals surface area contributed by atoms with Crippen molar-refractivity contribution in [2.45, 2.75) is 103 Å². The van der Waals surface area contributed by atoms with Gasteiger partial charge in [0.2, 0.25) is 11.8 Å². The van der Waals surface area contributed by atoms with Gasteiger partial charge in [0.15, 0.2) is 0 Å². The van der Waals surface area contributed by atoms with E-state index in [1.54, 1.807) is 0 Å². The number of hydrogen-bond donors (Lipinski definition) is 1. The molecule has 0 aromatic heterocycles. The molecule has 10 rings (SSSR count). The molecule has 436 valence electrons. The normalized spacial score (nSPS) is 23.5. The van der Waals surface area contributed by atoms with E-state index >= 15 is 0 Å². The Labute approximate surface area is 489 Å². The fraction of sp³-hybridized carbons (Fsp3) is 0.585. The molecule has 6 fully saturated rings. The summed E-state index contributed by atoms with van der Waals surface area (Å²) in [6, 6.07) is 31.1. The number of rotatable bonds is 13. The Morgan fingerprint density at radius 1 is 0.550 bits per heavy atom. The second-order valence-corrected chi connectivity index (χ2v) is 25.2. The van der Waals surface area contributed by atoms with Crippen molar-refractivity contribution in [1.82, 2.24) is 24.5 Å². The van der Waals surface area contributed by atoms with E-state index in [-0.39, 0.29) is 29.7 Å². The van der Waals surface area contributed by atoms with Crippen molar-refractivity contribution < 1.29 is 23.9 Å². The number of amides is 2. The van der Waals surface area contributed by atoms with Crippen LogP contribution in [0.5, 0.6) is 0 Å². The number of benzene rings is 4. The number of hydrogen-bond acceptors (Lipinski definition) is 11. The summed E-state index contributed by atoms with van der Waals surface area (Å²) in [5.74, 6) is 1.80. The number of carbonyl (C=O) groups excluding carboxylic acids is 3. The SMILES string of the molecule is C=O.Cc1ccc(N2CCN(C(=O)[C@H]3CN(C4CCOCC4)C[C@@H]3c3ccc(Cl)cc3)CC2)c([C@@H](N)C(C)C)c1.Cc1ccc(N2CCN(C(=O)[C@H]3CN(C4CCOCC4)C[C@@H]3c3ccc(Cl)cc3)CC2)c([C@H](C(C)C)N(C)C)c1. The molecule has 0 spiro atoms. The van der Waals surface area contributed by atoms with Gasteiger partial charge in [-0.1, -0.05) is 111 Å². The van der Waals surface area contributed by atoms with Gasteiger partial charge >= 0.3 is 0 Å². The van der Waals surface area contributed by atoms with Crippen molar-refractivity contribution >= 4 is 53.2 Å². The molecule has 6 heterocycles. The Kier molecular flexibility index (Phi) is 22.0. The molecule has 6 atom stereocenters. The highest BCUT2D eigenvalue weighted by Crippen LogP contribution is 2.41. The Balaban J connectivity index is 0.000000204. The van der Waals surface area contributed by atoms with Crippen LogP contribution in [0.25, 0.3) is 0 Å². The number of carbonyl (C=O) groups is 3. The van der Waals surface area contributed by atoms with E-state index in [4.69, 9.17) is 43.2 Å². The number of nitrogens with zero attached hydrogens (tertiary/aromatic N) is 7. The zero-order valence-electron chi connectivity index (χ0n) is 49.2. The smallest absolute Gasteiger partial charge is 0.227 e. The van der Waals surface area contributed by atoms with Crippen LogP contribution in [-0.4, -0.2) is 174 Å². The molecular formula is C65H92Cl2N8O5. The van der Waals surface area contributed by atoms with Crippen LogP contribution in [0.15, 0.2) is 84.9 Å². The highest BCUT2D eigenvalue weighted by molar-refractivity contribution is 6.30. The summed E-state index contributed by atoms with van der Waals surface area (Å²) in [6.07, 6.45) is 4.20. The predicted octanol–water partition coefficient (Wildman–Crippen LogP) is 10.1. The van der Waals surface area contributed by atoms with Crippen molar-refractivity contribution in [1.29, 1.82) is 0 Å². The van der Waals surface area contributed by atoms with Gasteiger partial charge in [-0.3, -0.25) is 19.4 Å². The number of ether oxygens (including phenoxy) is 2. The lowest BCUT2D eigenvalue weighted by molar-refractivity contribution is -0.136. The largest absolute Gasteiger partial charge is 0.381 e. The van der Waals surface area contributed by atoms with Crippen LogP contribution in [0.1, 0.15) is 111 Å². The zero-order valence-corrected chi connectivity index (χ0v) is 50.7. The van der Waals surface area contributed by atoms with Crippen LogP contribution < -0.4 is 15.5 Å². The molecular weight excluding hydrogens is 1040 g/mol. The molecule has 0 aliphatic carbocycles. The predicted molar refractivity (Wildman–Crippen MR) is 326 cm³/mol. The van der Waals surface area contributed by atoms with Gasteiger partial charge in [0.05, 0.1) is 11.8 Å². The summed E-state index contributed by atoms with van der Waals surface area (Å²) in [5, 5.41) is 1.48. The van der Waals surface area contributed by atoms with E-state index in [1.165, 1.54) is 44.8 Å². The van der Waals surface area contributed by atoms with Crippen LogP contribution in [0.4, 0.5) is 11.4 Å². The third-order valence-electron chi connectivity index (χ3n) is 18.2. The minimum absolute atomic E-state index is 0.000598. The minimum atomic E-state index is -0.0325. The fourth-order valence-corrected chi connectivity index (χ4v) is 14.0. The molecule has 0 saturated carbocycles. The van der Waals surface area contributed by atoms with Crippen LogP contribution in [0, 0.1) is 37.5 Å². The molecule has 0 unspecified atom stereocenters. The molecule has 15 heteroatoms. The average molecular weight is 1140 g/mol. The summed E-state index contributed by atoms with van der Waals surface area (Å²) in [7, 11) is 4.35. The van der Waals surface area contributed by atoms with Crippen molar-refractivity contribution in [3.63, 3.8) is 0 Å². The molecule has 6 aliphatic rings. The van der Waals surface area contributed by atoms with Crippen LogP contribution in [-0.2, 0) is 23.9 Å². The molecule has 4 aromatic rings. The molecule has 13 nitrogen and oxygen atoms in total. The summed E-state index contributed by atoms with van der Waals surface area (Å²) >= 11 is 12.4. The Morgan fingerprint density at radius 2 is 0.925 bits per heavy atom. The maximum Gasteiger partial charge on any atom is 0.227 e. The van der Waals surface area contributed by atoms with Gasteiger partial charge in [-0.25, -0.2) is 0 Å². The van der Waals surface area contributed by atoms with Gasteiger partial charge in [0.25, 0.3) is 0 Å². The summed E-state index contributed by atoms with van der Waals surface area (Å²) in [5.41, 5.74) is 16.7. The summed E-state index contributed by atoms with van der Waals surface area (Å²) in [6.45, 7) is 28.4. The lowest BCUT2D eigenvalue weighted by Gasteiger charge is -2.40. The van der Waals surface area contributed by atoms with Gasteiger partial charge in [-0.05, 0) is 124 Å². The van der Waals surface area contributed by atoms with E-state index in [0.717, 1.165) is 141 Å². The van der Waals surface area contributed by atoms with Crippen LogP contribution in [0.2, 0.25) is 10.0 Å². The molecule has 2 N–H and O–H groups in total. The molecule has 80 heavy (non-hydrogen) atoms. The quantitative estimate of drug-likeness (QED) is 0.138. The maximum atomic E-state index is 14.1. The minimum Gasteiger partial charge on any atom is -0.381 e. The highest BCUT2D eigenvalue weighted by atomic mass is 35.5. The molecule has 0 radical (unpaired) electrons. The number of likely N-dealkylation sites (tertiary alicyclic amines) is 2. The first-order valence-electron chi connectivity index (χ1n) is 29.7. The monoisotopic (exact) mass is 1130 g/mol. The summed E-state index contributed by atoms with van der Waals surface area (Å²) < 4.78 is 11.2. The van der Waals surface area contributed by atoms with Crippen molar-refractivity contribution in [3.05, 3.63) is 128 Å². The average Bonchev–Trinajstić information content (AvgIpc) is 4.13. The lowest BCUT2D eigenvalue weighted by Crippen LogP contribution is -2.51. The van der Waals surface area contributed by atoms with Gasteiger partial charge in [-0.2, -0.15) is 0 Å². The summed E-state index contributed by atoms with van der Waals surface area (Å²) in [4.78, 5) is 52.8. The second kappa shape index (κ2) is 28.6. The number of piperazine rings is 2. The van der Waals surface area contributed by atoms with Crippen molar-refractivity contribution in [2.75, 3.05) is 129 Å². The first-order valence-corrected chi connectivity index (χ1v) is 30.4. The highest BCUT2D eigenvalue weighted by Gasteiger charge is 2.45. The first kappa shape index (κ1) is 61.5. The lowest BCUT2D eigenvalue weighted by atomic mass is 9.87. The third kappa shape index (κ3) is 14.8. The van der Waals surface area contributed by atoms with Crippen LogP contribution >= 0.6 is 23.2 Å². The van der Waals surface area contributed by atoms with E-state index in [0.29, 0.717) is 41.8 Å². The van der Waals surface area contributed by atoms with E-state index in [9.17, 15) is 9.59 Å². The van der Waals surface area contributed by atoms with E-state index < -0.39 is 0 Å². The Bertz CT molecular complexity index is 2600. The standard InChI is InChI=1S/C33H47ClN4O2.C31H43ClN4O2.CH2O/c1-23(2)32(35(4)5)28-20-24(3)6-11-31(28)36-14-16-37(17-15-36)33(39)30-22-38(27-12-18-40-19-13-27)21-29(30)25-7-9-26(34)10-8-25;1-21(2)30(33)26-18-22(3)4-9-29(26)34-12-14-35(15-13-34)31(37)28-20-36(25-10-16-38-17-11-25)19-27(28)23-5-7-24(32)8-6-23;1-2/h6-11,20,23,27,29-30,32H,12-19,21-22H2,1-5H3;4-9,18,21,25,27-28,30H,10-17,19-20,33H2,1-3H3;1H2/t29-,30+,32+;27-,28+,30+;/m11./s1. The van der Waals surface area contributed by atoms with E-state index in [1.807, 2.05) is 31.1 Å². The molecule has 4 aromatic carbocycles. The number of aryl methyl sites for hydroxylation is 2. The molecule has 0 bridgehead atoms. The van der Waals surface area contributed by atoms with Gasteiger partial charge in [0.1, 0.15) is 6.79 Å². The Hall–Kier alpha value is -4.57. The first-order chi connectivity index (χ1) is 38.5. The van der Waals surface area contributed by atoms with Gasteiger partial charge in [0, 0.05) is 162 Å². The van der Waals surface area contributed by atoms with Gasteiger partial charge in [-0.15, -0.1) is 0 Å². The fourth-order valence-electron chi connectivity index (χ4n) is 13.8. The van der Waals surface area contributed by atoms with Crippen molar-refractivity contribution in [3.8, 4) is 0 Å². The molecule has 6 saturated heterocycles. The maximum absolute atomic E-state index is 14.1. The Morgan fingerprint density at radius 3 is 1.29 bits per heavy atom.